The maximum Gasteiger partial charge on any atom is 0.326 e. The van der Waals surface area contributed by atoms with E-state index in [2.05, 4.69) is 10.1 Å². The Morgan fingerprint density at radius 2 is 1.97 bits per heavy atom. The van der Waals surface area contributed by atoms with Gasteiger partial charge in [0.2, 0.25) is 15.9 Å². The van der Waals surface area contributed by atoms with E-state index in [1.807, 2.05) is 12.1 Å². The third-order valence-corrected chi connectivity index (χ3v) is 9.09. The molecular weight excluding hydrogens is 413 g/mol. The van der Waals surface area contributed by atoms with Crippen molar-refractivity contribution in [3.8, 4) is 0 Å². The molecule has 0 aromatic carbocycles. The smallest absolute Gasteiger partial charge is 0.321 e. The van der Waals surface area contributed by atoms with E-state index >= 15 is 4.39 Å². The first-order valence-electron chi connectivity index (χ1n) is 10.8. The van der Waals surface area contributed by atoms with Crippen molar-refractivity contribution in [1.82, 2.24) is 25.0 Å². The van der Waals surface area contributed by atoms with E-state index < -0.39 is 45.0 Å². The van der Waals surface area contributed by atoms with Crippen molar-refractivity contribution in [1.29, 1.82) is 0 Å². The van der Waals surface area contributed by atoms with Crippen molar-refractivity contribution in [3.05, 3.63) is 0 Å². The van der Waals surface area contributed by atoms with Gasteiger partial charge in [-0.2, -0.15) is 0 Å². The first-order valence-corrected chi connectivity index (χ1v) is 12.3. The highest BCUT2D eigenvalue weighted by atomic mass is 32.2. The second-order valence-electron chi connectivity index (χ2n) is 9.53. The van der Waals surface area contributed by atoms with Crippen molar-refractivity contribution in [3.63, 3.8) is 0 Å². The van der Waals surface area contributed by atoms with Gasteiger partial charge in [0.15, 0.2) is 0 Å². The number of hydrogen-bond donors (Lipinski definition) is 2. The van der Waals surface area contributed by atoms with Crippen molar-refractivity contribution in [2.45, 2.75) is 62.5 Å². The van der Waals surface area contributed by atoms with E-state index in [0.717, 1.165) is 12.8 Å². The zero-order valence-corrected chi connectivity index (χ0v) is 18.6. The molecule has 4 rings (SSSR count). The van der Waals surface area contributed by atoms with Gasteiger partial charge >= 0.3 is 6.03 Å². The third-order valence-electron chi connectivity index (χ3n) is 7.03. The van der Waals surface area contributed by atoms with Gasteiger partial charge in [0, 0.05) is 57.1 Å². The predicted octanol–water partition coefficient (Wildman–Crippen LogP) is 0.294. The first kappa shape index (κ1) is 21.9. The minimum Gasteiger partial charge on any atom is -0.321 e. The Morgan fingerprint density at radius 3 is 2.53 bits per heavy atom. The monoisotopic (exact) mass is 445 g/mol. The van der Waals surface area contributed by atoms with Crippen LogP contribution < -0.4 is 10.1 Å². The van der Waals surface area contributed by atoms with E-state index in [-0.39, 0.29) is 31.2 Å². The van der Waals surface area contributed by atoms with Crippen LogP contribution in [-0.4, -0.2) is 91.4 Å². The number of nitrogens with one attached hydrogen (secondary N) is 2. The van der Waals surface area contributed by atoms with Crippen LogP contribution in [0.15, 0.2) is 0 Å². The number of amides is 3. The first-order chi connectivity index (χ1) is 14.0. The van der Waals surface area contributed by atoms with Gasteiger partial charge in [-0.1, -0.05) is 0 Å². The Morgan fingerprint density at radius 1 is 1.27 bits per heavy atom. The fraction of sp³-hybridized carbons (Fsp3) is 0.895. The quantitative estimate of drug-likeness (QED) is 0.610. The molecule has 2 aliphatic carbocycles. The molecule has 4 fully saturated rings. The highest BCUT2D eigenvalue weighted by Gasteiger charge is 2.55. The van der Waals surface area contributed by atoms with E-state index in [1.54, 1.807) is 18.7 Å². The topological polar surface area (TPSA) is 102 Å². The SMILES string of the molecule is CCN1C(=O)N(CC2CNN(C)C2)C(=O)C2CC(S(=O)(=O)NC3(C)CC3)C(F)CC21. The minimum atomic E-state index is -3.90. The second-order valence-corrected chi connectivity index (χ2v) is 11.4. The molecule has 0 radical (unpaired) electrons. The molecule has 2 heterocycles. The fourth-order valence-electron chi connectivity index (χ4n) is 5.05. The van der Waals surface area contributed by atoms with Crippen LogP contribution in [0.5, 0.6) is 0 Å². The molecule has 2 N–H and O–H groups in total. The summed E-state index contributed by atoms with van der Waals surface area (Å²) in [6.45, 7) is 5.62. The summed E-state index contributed by atoms with van der Waals surface area (Å²) in [5, 5.41) is 0.651. The molecule has 5 atom stereocenters. The summed E-state index contributed by atoms with van der Waals surface area (Å²) in [4.78, 5) is 29.1. The van der Waals surface area contributed by atoms with Crippen LogP contribution in [0.3, 0.4) is 0 Å². The zero-order chi connectivity index (χ0) is 21.8. The van der Waals surface area contributed by atoms with Crippen molar-refractivity contribution < 1.29 is 22.4 Å². The molecule has 2 aliphatic heterocycles. The Bertz CT molecular complexity index is 820. The molecule has 2 saturated heterocycles. The number of fused-ring (bicyclic) bond motifs is 1. The molecule has 9 nitrogen and oxygen atoms in total. The van der Waals surface area contributed by atoms with E-state index in [9.17, 15) is 18.0 Å². The minimum absolute atomic E-state index is 0.0980. The predicted molar refractivity (Wildman–Crippen MR) is 109 cm³/mol. The molecule has 0 aromatic rings. The van der Waals surface area contributed by atoms with Gasteiger partial charge in [-0.3, -0.25) is 15.1 Å². The van der Waals surface area contributed by atoms with Gasteiger partial charge in [-0.05, 0) is 33.1 Å². The van der Waals surface area contributed by atoms with Crippen LogP contribution in [-0.2, 0) is 14.8 Å². The van der Waals surface area contributed by atoms with Crippen LogP contribution >= 0.6 is 0 Å². The largest absolute Gasteiger partial charge is 0.326 e. The fourth-order valence-corrected chi connectivity index (χ4v) is 7.06. The summed E-state index contributed by atoms with van der Waals surface area (Å²) >= 11 is 0. The Balaban J connectivity index is 1.55. The number of hydrazine groups is 1. The number of hydrogen-bond acceptors (Lipinski definition) is 6. The number of carbonyl (C=O) groups is 2. The summed E-state index contributed by atoms with van der Waals surface area (Å²) in [7, 11) is -2.00. The molecule has 11 heteroatoms. The maximum absolute atomic E-state index is 15.0. The van der Waals surface area contributed by atoms with E-state index in [4.69, 9.17) is 0 Å². The summed E-state index contributed by atoms with van der Waals surface area (Å²) in [5.74, 6) is -0.962. The highest BCUT2D eigenvalue weighted by Crippen LogP contribution is 2.41. The van der Waals surface area contributed by atoms with Gasteiger partial charge < -0.3 is 4.90 Å². The average Bonchev–Trinajstić information content (AvgIpc) is 3.23. The van der Waals surface area contributed by atoms with Crippen LogP contribution in [0.4, 0.5) is 9.18 Å². The lowest BCUT2D eigenvalue weighted by atomic mass is 9.79. The van der Waals surface area contributed by atoms with E-state index in [1.165, 1.54) is 4.90 Å². The lowest BCUT2D eigenvalue weighted by molar-refractivity contribution is -0.141. The molecule has 0 spiro atoms. The molecule has 30 heavy (non-hydrogen) atoms. The molecule has 170 valence electrons. The molecule has 0 aromatic heterocycles. The van der Waals surface area contributed by atoms with Crippen molar-refractivity contribution in [2.75, 3.05) is 33.2 Å². The third kappa shape index (κ3) is 3.96. The maximum atomic E-state index is 15.0. The molecule has 4 aliphatic rings. The standard InChI is InChI=1S/C19H32FN5O4S/c1-4-24-15-8-14(20)16(30(28,29)22-19(2)5-6-19)7-13(15)17(26)25(18(24)27)11-12-9-21-23(3)10-12/h12-16,21-22H,4-11H2,1-3H3. The number of nitrogens with zero attached hydrogens (tertiary/aromatic N) is 3. The normalized spacial score (nSPS) is 36.9. The van der Waals surface area contributed by atoms with Gasteiger partial charge in [-0.15, -0.1) is 0 Å². The number of alkyl halides is 1. The number of imide groups is 1. The number of rotatable bonds is 6. The summed E-state index contributed by atoms with van der Waals surface area (Å²) < 4.78 is 43.4. The Labute approximate surface area is 177 Å². The number of halogens is 1. The lowest BCUT2D eigenvalue weighted by Gasteiger charge is -2.49. The summed E-state index contributed by atoms with van der Waals surface area (Å²) in [6.07, 6.45) is -0.369. The van der Waals surface area contributed by atoms with E-state index in [0.29, 0.717) is 19.6 Å². The molecule has 0 bridgehead atoms. The Kier molecular flexibility index (Phi) is 5.61. The summed E-state index contributed by atoms with van der Waals surface area (Å²) in [6, 6.07) is -0.982. The van der Waals surface area contributed by atoms with Crippen LogP contribution in [0.1, 0.15) is 39.5 Å². The second kappa shape index (κ2) is 7.68. The highest BCUT2D eigenvalue weighted by molar-refractivity contribution is 7.90. The molecule has 3 amide bonds. The van der Waals surface area contributed by atoms with Crippen LogP contribution in [0.2, 0.25) is 0 Å². The van der Waals surface area contributed by atoms with Gasteiger partial charge in [0.1, 0.15) is 11.4 Å². The molecule has 5 unspecified atom stereocenters. The average molecular weight is 446 g/mol. The van der Waals surface area contributed by atoms with Crippen LogP contribution in [0, 0.1) is 11.8 Å². The number of sulfonamides is 1. The van der Waals surface area contributed by atoms with Gasteiger partial charge in [0.25, 0.3) is 0 Å². The Hall–Kier alpha value is -1.30. The molecular formula is C19H32FN5O4S. The zero-order valence-electron chi connectivity index (χ0n) is 17.8. The van der Waals surface area contributed by atoms with Crippen molar-refractivity contribution in [2.24, 2.45) is 11.8 Å². The lowest BCUT2D eigenvalue weighted by Crippen LogP contribution is -2.66. The van der Waals surface area contributed by atoms with Crippen molar-refractivity contribution >= 4 is 22.0 Å². The summed E-state index contributed by atoms with van der Waals surface area (Å²) in [5.41, 5.74) is 2.67. The van der Waals surface area contributed by atoms with Gasteiger partial charge in [-0.25, -0.2) is 27.3 Å². The van der Waals surface area contributed by atoms with Crippen LogP contribution in [0.25, 0.3) is 0 Å². The van der Waals surface area contributed by atoms with Gasteiger partial charge in [0.05, 0.1) is 5.92 Å². The molecule has 2 saturated carbocycles. The number of urea groups is 1. The number of carbonyl (C=O) groups excluding carboxylic acids is 2.